The molecule has 1 aliphatic rings. The minimum atomic E-state index is -0.229. The number of rotatable bonds is 7. The van der Waals surface area contributed by atoms with Gasteiger partial charge in [-0.25, -0.2) is 0 Å². The lowest BCUT2D eigenvalue weighted by Gasteiger charge is -2.13. The SMILES string of the molecule is CCOC(=O)C(CC)Sc1nnc(CN)n1C1CC1. The number of aromatic nitrogens is 3. The van der Waals surface area contributed by atoms with Crippen LogP contribution in [-0.2, 0) is 16.1 Å². The lowest BCUT2D eigenvalue weighted by molar-refractivity contribution is -0.142. The van der Waals surface area contributed by atoms with Crippen molar-refractivity contribution in [1.82, 2.24) is 14.8 Å². The second-order valence-corrected chi connectivity index (χ2v) is 5.64. The smallest absolute Gasteiger partial charge is 0.319 e. The molecule has 6 nitrogen and oxygen atoms in total. The standard InChI is InChI=1S/C12H20N4O2S/c1-3-9(11(17)18-4-2)19-12-15-14-10(7-13)16(12)8-5-6-8/h8-9H,3-7,13H2,1-2H3. The third kappa shape index (κ3) is 3.27. The van der Waals surface area contributed by atoms with E-state index in [4.69, 9.17) is 10.5 Å². The summed E-state index contributed by atoms with van der Waals surface area (Å²) in [7, 11) is 0. The van der Waals surface area contributed by atoms with Gasteiger partial charge >= 0.3 is 5.97 Å². The van der Waals surface area contributed by atoms with Crippen LogP contribution < -0.4 is 5.73 Å². The Kier molecular flexibility index (Phi) is 4.81. The summed E-state index contributed by atoms with van der Waals surface area (Å²) in [6.45, 7) is 4.56. The minimum Gasteiger partial charge on any atom is -0.465 e. The van der Waals surface area contributed by atoms with Crippen molar-refractivity contribution in [3.63, 3.8) is 0 Å². The minimum absolute atomic E-state index is 0.186. The molecule has 106 valence electrons. The molecular weight excluding hydrogens is 264 g/mol. The van der Waals surface area contributed by atoms with E-state index < -0.39 is 0 Å². The van der Waals surface area contributed by atoms with Gasteiger partial charge in [0.2, 0.25) is 0 Å². The number of nitrogens with zero attached hydrogens (tertiary/aromatic N) is 3. The molecule has 0 saturated heterocycles. The van der Waals surface area contributed by atoms with Gasteiger partial charge in [0.15, 0.2) is 5.16 Å². The van der Waals surface area contributed by atoms with Crippen LogP contribution in [0, 0.1) is 0 Å². The molecule has 0 spiro atoms. The average molecular weight is 284 g/mol. The Bertz CT molecular complexity index is 445. The van der Waals surface area contributed by atoms with Crippen LogP contribution >= 0.6 is 11.8 Å². The van der Waals surface area contributed by atoms with Crippen molar-refractivity contribution in [2.75, 3.05) is 6.61 Å². The molecule has 19 heavy (non-hydrogen) atoms. The van der Waals surface area contributed by atoms with Gasteiger partial charge in [-0.15, -0.1) is 10.2 Å². The first-order valence-corrected chi connectivity index (χ1v) is 7.56. The summed E-state index contributed by atoms with van der Waals surface area (Å²) in [6.07, 6.45) is 2.97. The largest absolute Gasteiger partial charge is 0.465 e. The Morgan fingerprint density at radius 1 is 1.53 bits per heavy atom. The summed E-state index contributed by atoms with van der Waals surface area (Å²) >= 11 is 1.43. The third-order valence-electron chi connectivity index (χ3n) is 3.00. The van der Waals surface area contributed by atoms with Crippen molar-refractivity contribution < 1.29 is 9.53 Å². The Labute approximate surface area is 117 Å². The summed E-state index contributed by atoms with van der Waals surface area (Å²) in [4.78, 5) is 11.8. The zero-order chi connectivity index (χ0) is 13.8. The molecule has 0 bridgehead atoms. The molecular formula is C12H20N4O2S. The van der Waals surface area contributed by atoms with E-state index in [0.29, 0.717) is 25.6 Å². The van der Waals surface area contributed by atoms with Crippen LogP contribution in [0.5, 0.6) is 0 Å². The van der Waals surface area contributed by atoms with E-state index >= 15 is 0 Å². The molecule has 1 aromatic heterocycles. The molecule has 1 heterocycles. The van der Waals surface area contributed by atoms with Crippen LogP contribution in [0.25, 0.3) is 0 Å². The van der Waals surface area contributed by atoms with Crippen LogP contribution in [0.1, 0.15) is 45.0 Å². The molecule has 0 radical (unpaired) electrons. The maximum absolute atomic E-state index is 11.8. The third-order valence-corrected chi connectivity index (χ3v) is 4.30. The van der Waals surface area contributed by atoms with Gasteiger partial charge in [0, 0.05) is 6.04 Å². The number of hydrogen-bond donors (Lipinski definition) is 1. The normalized spacial score (nSPS) is 16.4. The molecule has 2 rings (SSSR count). The molecule has 0 aliphatic heterocycles. The summed E-state index contributed by atoms with van der Waals surface area (Å²) in [5.41, 5.74) is 5.68. The number of esters is 1. The van der Waals surface area contributed by atoms with Crippen LogP contribution in [0.4, 0.5) is 0 Å². The van der Waals surface area contributed by atoms with Gasteiger partial charge in [0.05, 0.1) is 13.2 Å². The second kappa shape index (κ2) is 6.38. The summed E-state index contributed by atoms with van der Waals surface area (Å²) < 4.78 is 7.15. The highest BCUT2D eigenvalue weighted by molar-refractivity contribution is 8.00. The quantitative estimate of drug-likeness (QED) is 0.603. The highest BCUT2D eigenvalue weighted by atomic mass is 32.2. The number of nitrogens with two attached hydrogens (primary N) is 1. The van der Waals surface area contributed by atoms with E-state index in [1.807, 2.05) is 13.8 Å². The second-order valence-electron chi connectivity index (χ2n) is 4.47. The molecule has 1 aromatic rings. The topological polar surface area (TPSA) is 83.0 Å². The van der Waals surface area contributed by atoms with E-state index in [-0.39, 0.29) is 11.2 Å². The van der Waals surface area contributed by atoms with E-state index in [1.165, 1.54) is 11.8 Å². The molecule has 1 aliphatic carbocycles. The molecule has 1 atom stereocenters. The molecule has 1 fully saturated rings. The average Bonchev–Trinajstić information content (AvgIpc) is 3.17. The van der Waals surface area contributed by atoms with Crippen LogP contribution in [0.2, 0.25) is 0 Å². The maximum Gasteiger partial charge on any atom is 0.319 e. The van der Waals surface area contributed by atoms with Gasteiger partial charge in [0.25, 0.3) is 0 Å². The van der Waals surface area contributed by atoms with Gasteiger partial charge in [-0.1, -0.05) is 18.7 Å². The predicted molar refractivity (Wildman–Crippen MR) is 72.8 cm³/mol. The van der Waals surface area contributed by atoms with Gasteiger partial charge in [0.1, 0.15) is 11.1 Å². The molecule has 2 N–H and O–H groups in total. The zero-order valence-electron chi connectivity index (χ0n) is 11.3. The lowest BCUT2D eigenvalue weighted by Crippen LogP contribution is -2.20. The van der Waals surface area contributed by atoms with Crippen LogP contribution in [0.15, 0.2) is 5.16 Å². The monoisotopic (exact) mass is 284 g/mol. The highest BCUT2D eigenvalue weighted by Crippen LogP contribution is 2.39. The van der Waals surface area contributed by atoms with E-state index in [0.717, 1.165) is 23.8 Å². The first-order chi connectivity index (χ1) is 9.21. The Hall–Kier alpha value is -1.08. The summed E-state index contributed by atoms with van der Waals surface area (Å²) in [5.74, 6) is 0.610. The van der Waals surface area contributed by atoms with E-state index in [2.05, 4.69) is 14.8 Å². The predicted octanol–water partition coefficient (Wildman–Crippen LogP) is 1.51. The fourth-order valence-corrected chi connectivity index (χ4v) is 2.93. The fraction of sp³-hybridized carbons (Fsp3) is 0.750. The van der Waals surface area contributed by atoms with Crippen molar-refractivity contribution in [3.8, 4) is 0 Å². The summed E-state index contributed by atoms with van der Waals surface area (Å²) in [6, 6.07) is 0.454. The number of carbonyl (C=O) groups excluding carboxylic acids is 1. The summed E-state index contributed by atoms with van der Waals surface area (Å²) in [5, 5.41) is 8.82. The van der Waals surface area contributed by atoms with Crippen molar-refractivity contribution >= 4 is 17.7 Å². The van der Waals surface area contributed by atoms with Crippen LogP contribution in [0.3, 0.4) is 0 Å². The lowest BCUT2D eigenvalue weighted by atomic mass is 10.3. The van der Waals surface area contributed by atoms with E-state index in [1.54, 1.807) is 0 Å². The van der Waals surface area contributed by atoms with E-state index in [9.17, 15) is 4.79 Å². The van der Waals surface area contributed by atoms with Gasteiger partial charge in [-0.2, -0.15) is 0 Å². The molecule has 0 aromatic carbocycles. The Morgan fingerprint density at radius 2 is 2.26 bits per heavy atom. The maximum atomic E-state index is 11.8. The van der Waals surface area contributed by atoms with Gasteiger partial charge in [-0.3, -0.25) is 4.79 Å². The molecule has 7 heteroatoms. The molecule has 1 unspecified atom stereocenters. The number of ether oxygens (including phenoxy) is 1. The Balaban J connectivity index is 2.13. The van der Waals surface area contributed by atoms with Crippen molar-refractivity contribution in [2.24, 2.45) is 5.73 Å². The number of thioether (sulfide) groups is 1. The number of carbonyl (C=O) groups is 1. The van der Waals surface area contributed by atoms with Crippen molar-refractivity contribution in [2.45, 2.75) is 56.1 Å². The first-order valence-electron chi connectivity index (χ1n) is 6.68. The fourth-order valence-electron chi connectivity index (χ4n) is 1.89. The van der Waals surface area contributed by atoms with Gasteiger partial charge < -0.3 is 15.0 Å². The van der Waals surface area contributed by atoms with Crippen LogP contribution in [-0.4, -0.2) is 32.6 Å². The Morgan fingerprint density at radius 3 is 2.79 bits per heavy atom. The first kappa shape index (κ1) is 14.3. The molecule has 1 saturated carbocycles. The zero-order valence-corrected chi connectivity index (χ0v) is 12.2. The van der Waals surface area contributed by atoms with Crippen molar-refractivity contribution in [1.29, 1.82) is 0 Å². The van der Waals surface area contributed by atoms with Crippen molar-refractivity contribution in [3.05, 3.63) is 5.82 Å². The highest BCUT2D eigenvalue weighted by Gasteiger charge is 2.31. The number of hydrogen-bond acceptors (Lipinski definition) is 6. The molecule has 0 amide bonds. The van der Waals surface area contributed by atoms with Gasteiger partial charge in [-0.05, 0) is 26.2 Å².